The summed E-state index contributed by atoms with van der Waals surface area (Å²) in [6, 6.07) is 8.57. The van der Waals surface area contributed by atoms with Crippen LogP contribution in [0.3, 0.4) is 0 Å². The van der Waals surface area contributed by atoms with E-state index in [1.807, 2.05) is 30.3 Å². The van der Waals surface area contributed by atoms with Crippen molar-refractivity contribution in [1.29, 1.82) is 0 Å². The van der Waals surface area contributed by atoms with Crippen LogP contribution < -0.4 is 15.8 Å². The number of hydrogen-bond acceptors (Lipinski definition) is 4. The third kappa shape index (κ3) is 6.32. The van der Waals surface area contributed by atoms with Gasteiger partial charge in [0.1, 0.15) is 0 Å². The zero-order valence-electron chi connectivity index (χ0n) is 10.8. The van der Waals surface area contributed by atoms with Crippen LogP contribution in [0.25, 0.3) is 0 Å². The van der Waals surface area contributed by atoms with Crippen molar-refractivity contribution in [3.05, 3.63) is 35.9 Å². The van der Waals surface area contributed by atoms with Gasteiger partial charge < -0.3 is 11.1 Å². The zero-order chi connectivity index (χ0) is 14.3. The Labute approximate surface area is 113 Å². The van der Waals surface area contributed by atoms with Crippen LogP contribution in [0.2, 0.25) is 0 Å². The molecule has 106 valence electrons. The number of benzene rings is 1. The van der Waals surface area contributed by atoms with Gasteiger partial charge in [-0.15, -0.1) is 0 Å². The van der Waals surface area contributed by atoms with Gasteiger partial charge in [0, 0.05) is 13.1 Å². The predicted molar refractivity (Wildman–Crippen MR) is 73.7 cm³/mol. The summed E-state index contributed by atoms with van der Waals surface area (Å²) >= 11 is 0. The van der Waals surface area contributed by atoms with Crippen LogP contribution in [0.15, 0.2) is 30.3 Å². The van der Waals surface area contributed by atoms with E-state index in [1.54, 1.807) is 0 Å². The SMILES string of the molecule is C[C@H](N)C(=O)NCCS(=O)(=O)NCc1ccccc1. The molecule has 4 N–H and O–H groups in total. The number of amides is 1. The number of carbonyl (C=O) groups is 1. The van der Waals surface area contributed by atoms with Gasteiger partial charge in [-0.05, 0) is 12.5 Å². The summed E-state index contributed by atoms with van der Waals surface area (Å²) in [5, 5.41) is 2.45. The molecule has 0 unspecified atom stereocenters. The number of nitrogens with two attached hydrogens (primary N) is 1. The van der Waals surface area contributed by atoms with Gasteiger partial charge in [-0.3, -0.25) is 4.79 Å². The molecule has 0 radical (unpaired) electrons. The quantitative estimate of drug-likeness (QED) is 0.632. The summed E-state index contributed by atoms with van der Waals surface area (Å²) in [4.78, 5) is 11.2. The van der Waals surface area contributed by atoms with Gasteiger partial charge in [0.2, 0.25) is 15.9 Å². The molecule has 1 atom stereocenters. The van der Waals surface area contributed by atoms with Crippen molar-refractivity contribution in [1.82, 2.24) is 10.0 Å². The fourth-order valence-corrected chi connectivity index (χ4v) is 2.23. The Balaban J connectivity index is 2.34. The maximum atomic E-state index is 11.7. The smallest absolute Gasteiger partial charge is 0.236 e. The molecule has 0 fully saturated rings. The summed E-state index contributed by atoms with van der Waals surface area (Å²) in [6.07, 6.45) is 0. The van der Waals surface area contributed by atoms with Crippen molar-refractivity contribution in [2.24, 2.45) is 5.73 Å². The Bertz CT molecular complexity index is 500. The van der Waals surface area contributed by atoms with E-state index in [4.69, 9.17) is 5.73 Å². The second kappa shape index (κ2) is 7.22. The molecule has 7 heteroatoms. The Kier molecular flexibility index (Phi) is 5.94. The van der Waals surface area contributed by atoms with Gasteiger partial charge in [0.25, 0.3) is 0 Å². The van der Waals surface area contributed by atoms with Crippen LogP contribution in [0.4, 0.5) is 0 Å². The average molecular weight is 285 g/mol. The van der Waals surface area contributed by atoms with Crippen molar-refractivity contribution in [3.8, 4) is 0 Å². The molecule has 0 saturated heterocycles. The Morgan fingerprint density at radius 1 is 1.32 bits per heavy atom. The first kappa shape index (κ1) is 15.6. The van der Waals surface area contributed by atoms with Crippen LogP contribution in [-0.4, -0.2) is 32.7 Å². The predicted octanol–water partition coefficient (Wildman–Crippen LogP) is -0.431. The fourth-order valence-electron chi connectivity index (χ4n) is 1.33. The van der Waals surface area contributed by atoms with Crippen molar-refractivity contribution >= 4 is 15.9 Å². The minimum Gasteiger partial charge on any atom is -0.354 e. The van der Waals surface area contributed by atoms with Crippen molar-refractivity contribution in [2.45, 2.75) is 19.5 Å². The Morgan fingerprint density at radius 2 is 1.95 bits per heavy atom. The number of hydrogen-bond donors (Lipinski definition) is 3. The lowest BCUT2D eigenvalue weighted by atomic mass is 10.2. The second-order valence-corrected chi connectivity index (χ2v) is 6.13. The second-order valence-electron chi connectivity index (χ2n) is 4.21. The maximum absolute atomic E-state index is 11.7. The molecule has 19 heavy (non-hydrogen) atoms. The molecule has 0 aromatic heterocycles. The number of carbonyl (C=O) groups excluding carboxylic acids is 1. The van der Waals surface area contributed by atoms with E-state index >= 15 is 0 Å². The van der Waals surface area contributed by atoms with E-state index in [0.29, 0.717) is 0 Å². The summed E-state index contributed by atoms with van der Waals surface area (Å²) in [5.74, 6) is -0.531. The van der Waals surface area contributed by atoms with Crippen molar-refractivity contribution in [3.63, 3.8) is 0 Å². The first-order valence-electron chi connectivity index (χ1n) is 5.95. The first-order valence-corrected chi connectivity index (χ1v) is 7.60. The molecule has 0 heterocycles. The molecule has 0 bridgehead atoms. The lowest BCUT2D eigenvalue weighted by molar-refractivity contribution is -0.121. The van der Waals surface area contributed by atoms with E-state index in [2.05, 4.69) is 10.0 Å². The molecule has 1 rings (SSSR count). The maximum Gasteiger partial charge on any atom is 0.236 e. The molecule has 1 aromatic rings. The highest BCUT2D eigenvalue weighted by Gasteiger charge is 2.12. The van der Waals surface area contributed by atoms with Crippen LogP contribution >= 0.6 is 0 Å². The highest BCUT2D eigenvalue weighted by Crippen LogP contribution is 1.98. The van der Waals surface area contributed by atoms with Gasteiger partial charge in [0.15, 0.2) is 0 Å². The van der Waals surface area contributed by atoms with Gasteiger partial charge in [-0.2, -0.15) is 0 Å². The lowest BCUT2D eigenvalue weighted by Crippen LogP contribution is -2.41. The first-order chi connectivity index (χ1) is 8.91. The van der Waals surface area contributed by atoms with Gasteiger partial charge >= 0.3 is 0 Å². The highest BCUT2D eigenvalue weighted by molar-refractivity contribution is 7.89. The van der Waals surface area contributed by atoms with Crippen LogP contribution in [0, 0.1) is 0 Å². The molecule has 0 saturated carbocycles. The standard InChI is InChI=1S/C12H19N3O3S/c1-10(13)12(16)14-7-8-19(17,18)15-9-11-5-3-2-4-6-11/h2-6,10,15H,7-9,13H2,1H3,(H,14,16)/t10-/m0/s1. The summed E-state index contributed by atoms with van der Waals surface area (Å²) in [6.45, 7) is 1.83. The summed E-state index contributed by atoms with van der Waals surface area (Å²) in [5.41, 5.74) is 6.22. The van der Waals surface area contributed by atoms with Gasteiger partial charge in [0.05, 0.1) is 11.8 Å². The molecule has 6 nitrogen and oxygen atoms in total. The fraction of sp³-hybridized carbons (Fsp3) is 0.417. The number of rotatable bonds is 7. The molecule has 0 spiro atoms. The van der Waals surface area contributed by atoms with Crippen molar-refractivity contribution in [2.75, 3.05) is 12.3 Å². The topological polar surface area (TPSA) is 101 Å². The summed E-state index contributed by atoms with van der Waals surface area (Å²) in [7, 11) is -3.41. The van der Waals surface area contributed by atoms with E-state index < -0.39 is 16.1 Å². The van der Waals surface area contributed by atoms with E-state index in [-0.39, 0.29) is 24.7 Å². The minimum absolute atomic E-state index is 0.0461. The molecule has 1 amide bonds. The van der Waals surface area contributed by atoms with Crippen LogP contribution in [-0.2, 0) is 21.4 Å². The normalized spacial score (nSPS) is 12.9. The third-order valence-electron chi connectivity index (χ3n) is 2.42. The number of nitrogens with one attached hydrogen (secondary N) is 2. The molecule has 0 aliphatic carbocycles. The Morgan fingerprint density at radius 3 is 2.53 bits per heavy atom. The molecule has 0 aliphatic heterocycles. The largest absolute Gasteiger partial charge is 0.354 e. The summed E-state index contributed by atoms with van der Waals surface area (Å²) < 4.78 is 25.8. The van der Waals surface area contributed by atoms with Crippen LogP contribution in [0.1, 0.15) is 12.5 Å². The average Bonchev–Trinajstić information content (AvgIpc) is 2.37. The minimum atomic E-state index is -3.41. The monoisotopic (exact) mass is 285 g/mol. The van der Waals surface area contributed by atoms with Gasteiger partial charge in [-0.25, -0.2) is 13.1 Å². The van der Waals surface area contributed by atoms with E-state index in [1.165, 1.54) is 6.92 Å². The molecule has 0 aliphatic rings. The van der Waals surface area contributed by atoms with Gasteiger partial charge in [-0.1, -0.05) is 30.3 Å². The van der Waals surface area contributed by atoms with Crippen LogP contribution in [0.5, 0.6) is 0 Å². The lowest BCUT2D eigenvalue weighted by Gasteiger charge is -2.09. The molecule has 1 aromatic carbocycles. The molecular weight excluding hydrogens is 266 g/mol. The number of sulfonamides is 1. The Hall–Kier alpha value is -1.44. The van der Waals surface area contributed by atoms with E-state index in [9.17, 15) is 13.2 Å². The highest BCUT2D eigenvalue weighted by atomic mass is 32.2. The third-order valence-corrected chi connectivity index (χ3v) is 3.75. The van der Waals surface area contributed by atoms with Crippen molar-refractivity contribution < 1.29 is 13.2 Å². The molecular formula is C12H19N3O3S. The zero-order valence-corrected chi connectivity index (χ0v) is 11.6. The van der Waals surface area contributed by atoms with E-state index in [0.717, 1.165) is 5.56 Å².